The molecule has 1 aliphatic heterocycles. The van der Waals surface area contributed by atoms with Crippen molar-refractivity contribution in [3.05, 3.63) is 99.6 Å². The average Bonchev–Trinajstić information content (AvgIpc) is 3.35. The molecule has 2 atom stereocenters. The number of halogens is 6. The zero-order valence-corrected chi connectivity index (χ0v) is 22.6. The van der Waals surface area contributed by atoms with Gasteiger partial charge in [0, 0.05) is 54.3 Å². The minimum atomic E-state index is -4.50. The number of piperidine rings is 1. The molecule has 0 spiro atoms. The van der Waals surface area contributed by atoms with Gasteiger partial charge in [0.1, 0.15) is 23.0 Å². The summed E-state index contributed by atoms with van der Waals surface area (Å²) in [6.45, 7) is 0.749. The molecule has 1 saturated carbocycles. The maximum absolute atomic E-state index is 15.4. The summed E-state index contributed by atoms with van der Waals surface area (Å²) in [6, 6.07) is 9.42. The minimum Gasteiger partial charge on any atom is -0.477 e. The van der Waals surface area contributed by atoms with Gasteiger partial charge in [-0.05, 0) is 54.7 Å². The van der Waals surface area contributed by atoms with Crippen molar-refractivity contribution in [1.82, 2.24) is 9.88 Å². The number of hydrogen-bond donors (Lipinski definition) is 3. The fraction of sp³-hybridized carbons (Fsp3) is 0.207. The Bertz CT molecular complexity index is 1870. The molecule has 3 N–H and O–H groups in total. The van der Waals surface area contributed by atoms with Gasteiger partial charge >= 0.3 is 12.1 Å². The van der Waals surface area contributed by atoms with E-state index in [1.54, 1.807) is 4.90 Å². The van der Waals surface area contributed by atoms with Crippen molar-refractivity contribution in [2.75, 3.05) is 23.3 Å². The summed E-state index contributed by atoms with van der Waals surface area (Å²) in [4.78, 5) is 26.3. The van der Waals surface area contributed by atoms with Gasteiger partial charge in [0.2, 0.25) is 5.43 Å². The molecule has 0 bridgehead atoms. The molecular formula is C29H20F6N4O3S. The standard InChI is InChI=1S/C29H20F6N4O3S/c30-14-4-5-22(20(31)7-14)39-12-19(27(41)42)26(40)16-8-21(32)24(9-23(16)39)38-10-17-18(11-38)25(17)37-28(43)36-15-3-1-2-13(6-15)29(33,34)35/h1-9,12,17-18,25H,10-11H2,(H,41,42)(H2,36,37,43). The van der Waals surface area contributed by atoms with E-state index in [0.717, 1.165) is 41.1 Å². The summed E-state index contributed by atoms with van der Waals surface area (Å²) in [5.41, 5.74) is -2.42. The van der Waals surface area contributed by atoms with Gasteiger partial charge in [0.15, 0.2) is 5.11 Å². The Hall–Kier alpha value is -4.59. The third-order valence-electron chi connectivity index (χ3n) is 7.75. The van der Waals surface area contributed by atoms with Crippen molar-refractivity contribution in [2.24, 2.45) is 11.8 Å². The SMILES string of the molecule is O=C(O)c1cn(-c2ccc(F)cc2F)c2cc(N3CC4C(C3)C4NC(=S)Nc3cccc(C(F)(F)F)c3)c(F)cc2c1=O. The van der Waals surface area contributed by atoms with E-state index in [1.165, 1.54) is 18.2 Å². The first-order valence-electron chi connectivity index (χ1n) is 12.9. The molecule has 14 heteroatoms. The maximum Gasteiger partial charge on any atom is 0.416 e. The van der Waals surface area contributed by atoms with E-state index in [1.807, 2.05) is 0 Å². The lowest BCUT2D eigenvalue weighted by Gasteiger charge is -2.24. The van der Waals surface area contributed by atoms with Crippen LogP contribution in [0.5, 0.6) is 0 Å². The Balaban J connectivity index is 1.23. The number of thiocarbonyl (C=S) groups is 1. The van der Waals surface area contributed by atoms with Gasteiger partial charge in [-0.25, -0.2) is 18.0 Å². The van der Waals surface area contributed by atoms with Crippen LogP contribution in [0, 0.1) is 29.3 Å². The number of nitrogens with zero attached hydrogens (tertiary/aromatic N) is 2. The highest BCUT2D eigenvalue weighted by Gasteiger charge is 2.56. The number of alkyl halides is 3. The molecule has 43 heavy (non-hydrogen) atoms. The lowest BCUT2D eigenvalue weighted by molar-refractivity contribution is -0.137. The van der Waals surface area contributed by atoms with E-state index in [0.29, 0.717) is 19.2 Å². The zero-order valence-electron chi connectivity index (χ0n) is 21.8. The number of carbonyl (C=O) groups is 1. The molecule has 2 unspecified atom stereocenters. The Morgan fingerprint density at radius 2 is 1.65 bits per heavy atom. The molecule has 0 radical (unpaired) electrons. The lowest BCUT2D eigenvalue weighted by atomic mass is 10.1. The first kappa shape index (κ1) is 28.5. The van der Waals surface area contributed by atoms with Crippen LogP contribution in [0.2, 0.25) is 0 Å². The first-order chi connectivity index (χ1) is 20.3. The molecule has 2 fully saturated rings. The molecule has 222 valence electrons. The van der Waals surface area contributed by atoms with Crippen LogP contribution in [0.15, 0.2) is 65.6 Å². The normalized spacial score (nSPS) is 19.3. The van der Waals surface area contributed by atoms with Gasteiger partial charge in [-0.2, -0.15) is 13.2 Å². The Morgan fingerprint density at radius 3 is 2.30 bits per heavy atom. The van der Waals surface area contributed by atoms with E-state index in [-0.39, 0.29) is 51.0 Å². The van der Waals surface area contributed by atoms with Crippen LogP contribution >= 0.6 is 12.2 Å². The number of carboxylic acid groups (broad SMARTS) is 1. The number of aromatic nitrogens is 1. The Kier molecular flexibility index (Phi) is 6.83. The number of hydrogen-bond acceptors (Lipinski definition) is 4. The number of pyridine rings is 1. The van der Waals surface area contributed by atoms with E-state index < -0.39 is 46.2 Å². The van der Waals surface area contributed by atoms with Crippen LogP contribution < -0.4 is 21.0 Å². The number of anilines is 2. The highest BCUT2D eigenvalue weighted by atomic mass is 32.1. The molecular weight excluding hydrogens is 598 g/mol. The second-order valence-corrected chi connectivity index (χ2v) is 10.8. The van der Waals surface area contributed by atoms with Crippen molar-refractivity contribution in [2.45, 2.75) is 12.2 Å². The molecule has 2 heterocycles. The van der Waals surface area contributed by atoms with Crippen molar-refractivity contribution in [3.63, 3.8) is 0 Å². The highest BCUT2D eigenvalue weighted by Crippen LogP contribution is 2.47. The second-order valence-electron chi connectivity index (χ2n) is 10.4. The second kappa shape index (κ2) is 10.3. The summed E-state index contributed by atoms with van der Waals surface area (Å²) >= 11 is 5.28. The molecule has 1 aliphatic carbocycles. The maximum atomic E-state index is 15.4. The van der Waals surface area contributed by atoms with Crippen LogP contribution in [-0.4, -0.2) is 39.9 Å². The molecule has 1 aromatic heterocycles. The van der Waals surface area contributed by atoms with E-state index in [9.17, 15) is 36.6 Å². The predicted molar refractivity (Wildman–Crippen MR) is 150 cm³/mol. The molecule has 3 aromatic carbocycles. The number of rotatable bonds is 5. The fourth-order valence-electron chi connectivity index (χ4n) is 5.63. The topological polar surface area (TPSA) is 86.6 Å². The number of carboxylic acids is 1. The van der Waals surface area contributed by atoms with Crippen molar-refractivity contribution in [3.8, 4) is 5.69 Å². The van der Waals surface area contributed by atoms with Crippen LogP contribution in [0.25, 0.3) is 16.6 Å². The minimum absolute atomic E-state index is 0.0265. The summed E-state index contributed by atoms with van der Waals surface area (Å²) < 4.78 is 83.8. The highest BCUT2D eigenvalue weighted by molar-refractivity contribution is 7.80. The van der Waals surface area contributed by atoms with Crippen molar-refractivity contribution >= 4 is 45.6 Å². The molecule has 7 nitrogen and oxygen atoms in total. The van der Waals surface area contributed by atoms with Crippen LogP contribution in [0.3, 0.4) is 0 Å². The quantitative estimate of drug-likeness (QED) is 0.200. The Labute approximate surface area is 244 Å². The summed E-state index contributed by atoms with van der Waals surface area (Å²) in [5, 5.41) is 15.2. The van der Waals surface area contributed by atoms with Gasteiger partial charge in [0.05, 0.1) is 22.5 Å². The number of fused-ring (bicyclic) bond motifs is 2. The fourth-order valence-corrected chi connectivity index (χ4v) is 5.89. The molecule has 2 aliphatic rings. The molecule has 0 amide bonds. The number of nitrogens with one attached hydrogen (secondary N) is 2. The van der Waals surface area contributed by atoms with Crippen molar-refractivity contribution in [1.29, 1.82) is 0 Å². The predicted octanol–water partition coefficient (Wildman–Crippen LogP) is 5.55. The average molecular weight is 619 g/mol. The third-order valence-corrected chi connectivity index (χ3v) is 7.97. The summed E-state index contributed by atoms with van der Waals surface area (Å²) in [7, 11) is 0. The monoisotopic (exact) mass is 618 g/mol. The van der Waals surface area contributed by atoms with Crippen LogP contribution in [0.1, 0.15) is 15.9 Å². The summed E-state index contributed by atoms with van der Waals surface area (Å²) in [6.07, 6.45) is -3.58. The van der Waals surface area contributed by atoms with Crippen LogP contribution in [-0.2, 0) is 6.18 Å². The van der Waals surface area contributed by atoms with Gasteiger partial charge in [-0.1, -0.05) is 6.07 Å². The van der Waals surface area contributed by atoms with Gasteiger partial charge < -0.3 is 25.2 Å². The molecule has 6 rings (SSSR count). The van der Waals surface area contributed by atoms with E-state index in [2.05, 4.69) is 10.6 Å². The molecule has 4 aromatic rings. The van der Waals surface area contributed by atoms with Gasteiger partial charge in [0.25, 0.3) is 0 Å². The largest absolute Gasteiger partial charge is 0.477 e. The van der Waals surface area contributed by atoms with Gasteiger partial charge in [-0.15, -0.1) is 0 Å². The Morgan fingerprint density at radius 1 is 0.953 bits per heavy atom. The van der Waals surface area contributed by atoms with E-state index >= 15 is 4.39 Å². The smallest absolute Gasteiger partial charge is 0.416 e. The molecule has 1 saturated heterocycles. The number of benzene rings is 3. The van der Waals surface area contributed by atoms with E-state index in [4.69, 9.17) is 12.2 Å². The lowest BCUT2D eigenvalue weighted by Crippen LogP contribution is -2.37. The number of aromatic carboxylic acids is 1. The van der Waals surface area contributed by atoms with Crippen LogP contribution in [0.4, 0.5) is 37.7 Å². The van der Waals surface area contributed by atoms with Crippen molar-refractivity contribution < 1.29 is 36.2 Å². The zero-order chi connectivity index (χ0) is 30.8. The first-order valence-corrected chi connectivity index (χ1v) is 13.3. The third kappa shape index (κ3) is 5.26. The van der Waals surface area contributed by atoms with Gasteiger partial charge in [-0.3, -0.25) is 4.79 Å². The summed E-state index contributed by atoms with van der Waals surface area (Å²) in [5.74, 6) is -4.19.